The van der Waals surface area contributed by atoms with E-state index in [2.05, 4.69) is 10.6 Å². The first-order valence-electron chi connectivity index (χ1n) is 6.58. The normalized spacial score (nSPS) is 25.1. The number of hydrogen-bond donors (Lipinski definition) is 2. The number of amides is 2. The lowest BCUT2D eigenvalue weighted by Gasteiger charge is -2.13. The van der Waals surface area contributed by atoms with E-state index in [1.165, 1.54) is 25.7 Å². The third-order valence-electron chi connectivity index (χ3n) is 3.31. The van der Waals surface area contributed by atoms with Gasteiger partial charge in [-0.2, -0.15) is 0 Å². The molecule has 2 fully saturated rings. The molecule has 1 saturated carbocycles. The highest BCUT2D eigenvalue weighted by Crippen LogP contribution is 2.20. The molecule has 0 radical (unpaired) electrons. The molecule has 0 spiro atoms. The third kappa shape index (κ3) is 4.52. The van der Waals surface area contributed by atoms with Crippen LogP contribution in [-0.4, -0.2) is 44.5 Å². The van der Waals surface area contributed by atoms with Gasteiger partial charge in [0.15, 0.2) is 0 Å². The zero-order valence-electron chi connectivity index (χ0n) is 10.2. The third-order valence-corrected chi connectivity index (χ3v) is 3.31. The van der Waals surface area contributed by atoms with Crippen LogP contribution >= 0.6 is 0 Å². The Kier molecular flexibility index (Phi) is 5.07. The van der Waals surface area contributed by atoms with Gasteiger partial charge in [-0.15, -0.1) is 0 Å². The zero-order chi connectivity index (χ0) is 11.9. The van der Waals surface area contributed by atoms with Crippen molar-refractivity contribution in [2.24, 2.45) is 0 Å². The van der Waals surface area contributed by atoms with Gasteiger partial charge in [-0.3, -0.25) is 0 Å². The number of hydrogen-bond acceptors (Lipinski definition) is 3. The average molecular weight is 242 g/mol. The van der Waals surface area contributed by atoms with Crippen molar-refractivity contribution >= 4 is 6.03 Å². The summed E-state index contributed by atoms with van der Waals surface area (Å²) in [5.41, 5.74) is 0. The molecule has 0 bridgehead atoms. The van der Waals surface area contributed by atoms with E-state index in [1.807, 2.05) is 0 Å². The van der Waals surface area contributed by atoms with Crippen molar-refractivity contribution in [1.29, 1.82) is 0 Å². The maximum atomic E-state index is 11.5. The van der Waals surface area contributed by atoms with Crippen LogP contribution in [0.2, 0.25) is 0 Å². The molecule has 2 rings (SSSR count). The van der Waals surface area contributed by atoms with Crippen LogP contribution < -0.4 is 10.6 Å². The van der Waals surface area contributed by atoms with E-state index >= 15 is 0 Å². The first kappa shape index (κ1) is 12.6. The van der Waals surface area contributed by atoms with Crippen molar-refractivity contribution in [2.75, 3.05) is 26.4 Å². The van der Waals surface area contributed by atoms with E-state index in [9.17, 15) is 4.79 Å². The van der Waals surface area contributed by atoms with E-state index < -0.39 is 0 Å². The largest absolute Gasteiger partial charge is 0.379 e. The van der Waals surface area contributed by atoms with Crippen LogP contribution in [0.1, 0.15) is 32.1 Å². The molecule has 2 aliphatic rings. The standard InChI is InChI=1S/C12H22N2O3/c15-12(14-10-5-7-16-9-10)13-6-8-17-11-3-1-2-4-11/h10-11H,1-9H2,(H2,13,14,15). The first-order valence-corrected chi connectivity index (χ1v) is 6.58. The highest BCUT2D eigenvalue weighted by Gasteiger charge is 2.17. The number of carbonyl (C=O) groups is 1. The first-order chi connectivity index (χ1) is 8.34. The molecule has 1 atom stereocenters. The topological polar surface area (TPSA) is 59.6 Å². The Morgan fingerprint density at radius 2 is 2.12 bits per heavy atom. The molecule has 2 N–H and O–H groups in total. The van der Waals surface area contributed by atoms with Gasteiger partial charge in [-0.1, -0.05) is 12.8 Å². The molecule has 0 aromatic carbocycles. The Morgan fingerprint density at radius 1 is 1.29 bits per heavy atom. The molecule has 0 aromatic rings. The van der Waals surface area contributed by atoms with Gasteiger partial charge < -0.3 is 20.1 Å². The van der Waals surface area contributed by atoms with Crippen molar-refractivity contribution in [3.8, 4) is 0 Å². The molecule has 5 nitrogen and oxygen atoms in total. The Balaban J connectivity index is 1.47. The number of nitrogens with one attached hydrogen (secondary N) is 2. The number of rotatable bonds is 5. The second-order valence-electron chi connectivity index (χ2n) is 4.74. The van der Waals surface area contributed by atoms with Crippen LogP contribution in [-0.2, 0) is 9.47 Å². The van der Waals surface area contributed by atoms with E-state index in [4.69, 9.17) is 9.47 Å². The molecule has 17 heavy (non-hydrogen) atoms. The summed E-state index contributed by atoms with van der Waals surface area (Å²) in [7, 11) is 0. The maximum Gasteiger partial charge on any atom is 0.315 e. The van der Waals surface area contributed by atoms with Gasteiger partial charge in [0, 0.05) is 13.2 Å². The molecular formula is C12H22N2O3. The van der Waals surface area contributed by atoms with Crippen molar-refractivity contribution in [3.05, 3.63) is 0 Å². The Labute approximate surface area is 102 Å². The lowest BCUT2D eigenvalue weighted by atomic mass is 10.3. The summed E-state index contributed by atoms with van der Waals surface area (Å²) in [5, 5.41) is 5.68. The molecule has 1 aliphatic carbocycles. The minimum Gasteiger partial charge on any atom is -0.379 e. The monoisotopic (exact) mass is 242 g/mol. The van der Waals surface area contributed by atoms with Crippen molar-refractivity contribution in [1.82, 2.24) is 10.6 Å². The SMILES string of the molecule is O=C(NCCOC1CCCC1)NC1CCOC1. The Hall–Kier alpha value is -0.810. The fourth-order valence-electron chi connectivity index (χ4n) is 2.33. The van der Waals surface area contributed by atoms with Crippen molar-refractivity contribution in [2.45, 2.75) is 44.2 Å². The van der Waals surface area contributed by atoms with Crippen LogP contribution in [0, 0.1) is 0 Å². The van der Waals surface area contributed by atoms with Gasteiger partial charge in [0.05, 0.1) is 25.4 Å². The van der Waals surface area contributed by atoms with E-state index in [-0.39, 0.29) is 12.1 Å². The van der Waals surface area contributed by atoms with Crippen LogP contribution in [0.25, 0.3) is 0 Å². The summed E-state index contributed by atoms with van der Waals surface area (Å²) >= 11 is 0. The van der Waals surface area contributed by atoms with Crippen LogP contribution in [0.4, 0.5) is 4.79 Å². The van der Waals surface area contributed by atoms with Crippen LogP contribution in [0.3, 0.4) is 0 Å². The molecule has 2 amide bonds. The Morgan fingerprint density at radius 3 is 2.82 bits per heavy atom. The smallest absolute Gasteiger partial charge is 0.315 e. The lowest BCUT2D eigenvalue weighted by molar-refractivity contribution is 0.0612. The molecule has 98 valence electrons. The second-order valence-corrected chi connectivity index (χ2v) is 4.74. The number of ether oxygens (including phenoxy) is 2. The summed E-state index contributed by atoms with van der Waals surface area (Å²) in [6, 6.07) is 0.0567. The van der Waals surface area contributed by atoms with Gasteiger partial charge in [0.2, 0.25) is 0 Å². The van der Waals surface area contributed by atoms with Crippen LogP contribution in [0.5, 0.6) is 0 Å². The molecule has 1 unspecified atom stereocenters. The van der Waals surface area contributed by atoms with Crippen molar-refractivity contribution in [3.63, 3.8) is 0 Å². The molecule has 1 heterocycles. The molecular weight excluding hydrogens is 220 g/mol. The minimum absolute atomic E-state index is 0.115. The van der Waals surface area contributed by atoms with Crippen molar-refractivity contribution < 1.29 is 14.3 Å². The number of carbonyl (C=O) groups excluding carboxylic acids is 1. The van der Waals surface area contributed by atoms with Gasteiger partial charge >= 0.3 is 6.03 Å². The summed E-state index contributed by atoms with van der Waals surface area (Å²) in [6.07, 6.45) is 6.23. The van der Waals surface area contributed by atoms with E-state index in [0.717, 1.165) is 13.0 Å². The fraction of sp³-hybridized carbons (Fsp3) is 0.917. The van der Waals surface area contributed by atoms with E-state index in [1.54, 1.807) is 0 Å². The molecule has 1 saturated heterocycles. The highest BCUT2D eigenvalue weighted by atomic mass is 16.5. The zero-order valence-corrected chi connectivity index (χ0v) is 10.2. The lowest BCUT2D eigenvalue weighted by Crippen LogP contribution is -2.43. The van der Waals surface area contributed by atoms with Gasteiger partial charge in [0.1, 0.15) is 0 Å². The number of urea groups is 1. The van der Waals surface area contributed by atoms with Gasteiger partial charge in [-0.05, 0) is 19.3 Å². The summed E-state index contributed by atoms with van der Waals surface area (Å²) in [6.45, 7) is 2.57. The predicted octanol–water partition coefficient (Wildman–Crippen LogP) is 1.03. The van der Waals surface area contributed by atoms with E-state index in [0.29, 0.717) is 25.9 Å². The Bertz CT molecular complexity index is 236. The fourth-order valence-corrected chi connectivity index (χ4v) is 2.33. The molecule has 0 aromatic heterocycles. The predicted molar refractivity (Wildman–Crippen MR) is 64.0 cm³/mol. The summed E-state index contributed by atoms with van der Waals surface area (Å²) in [4.78, 5) is 11.5. The second kappa shape index (κ2) is 6.81. The minimum atomic E-state index is -0.115. The molecule has 1 aliphatic heterocycles. The van der Waals surface area contributed by atoms with Crippen LogP contribution in [0.15, 0.2) is 0 Å². The highest BCUT2D eigenvalue weighted by molar-refractivity contribution is 5.74. The molecule has 5 heteroatoms. The average Bonchev–Trinajstić information content (AvgIpc) is 2.96. The quantitative estimate of drug-likeness (QED) is 0.708. The summed E-state index contributed by atoms with van der Waals surface area (Å²) < 4.78 is 10.8. The van der Waals surface area contributed by atoms with Gasteiger partial charge in [0.25, 0.3) is 0 Å². The maximum absolute atomic E-state index is 11.5. The summed E-state index contributed by atoms with van der Waals surface area (Å²) in [5.74, 6) is 0. The van der Waals surface area contributed by atoms with Gasteiger partial charge in [-0.25, -0.2) is 4.79 Å².